The number of hydrogen-bond donors (Lipinski definition) is 2. The van der Waals surface area contributed by atoms with Crippen LogP contribution in [0.4, 0.5) is 17.3 Å². The quantitative estimate of drug-likeness (QED) is 0.458. The van der Waals surface area contributed by atoms with Gasteiger partial charge in [0.15, 0.2) is 5.78 Å². The highest BCUT2D eigenvalue weighted by Crippen LogP contribution is 2.27. The standard InChI is InChI=1S/C24H22N4O2/c1-30-19-9-5-8-18(15-19)27-24-26-13-12-22(28-24)17-10-11-21(25)20(14-17)23(29)16-6-3-2-4-7-16/h2-6,8-16H,7,25H2,1H3,(H,26,27,28). The lowest BCUT2D eigenvalue weighted by Crippen LogP contribution is -2.15. The van der Waals surface area contributed by atoms with Gasteiger partial charge in [0.05, 0.1) is 12.8 Å². The molecule has 0 saturated heterocycles. The fourth-order valence-corrected chi connectivity index (χ4v) is 3.31. The predicted molar refractivity (Wildman–Crippen MR) is 119 cm³/mol. The second kappa shape index (κ2) is 8.61. The Morgan fingerprint density at radius 1 is 1.17 bits per heavy atom. The molecule has 1 heterocycles. The predicted octanol–water partition coefficient (Wildman–Crippen LogP) is 4.79. The number of ketones is 1. The van der Waals surface area contributed by atoms with Crippen molar-refractivity contribution in [3.63, 3.8) is 0 Å². The minimum atomic E-state index is -0.191. The molecule has 0 spiro atoms. The first-order valence-electron chi connectivity index (χ1n) is 9.65. The van der Waals surface area contributed by atoms with Gasteiger partial charge in [-0.15, -0.1) is 0 Å². The topological polar surface area (TPSA) is 90.1 Å². The Bertz CT molecular complexity index is 1140. The Hall–Kier alpha value is -3.93. The summed E-state index contributed by atoms with van der Waals surface area (Å²) in [6.45, 7) is 0. The molecule has 3 N–H and O–H groups in total. The Morgan fingerprint density at radius 2 is 2.07 bits per heavy atom. The molecule has 1 aliphatic rings. The van der Waals surface area contributed by atoms with Gasteiger partial charge < -0.3 is 15.8 Å². The number of aromatic nitrogens is 2. The number of Topliss-reactive ketones (excluding diaryl/α,β-unsaturated/α-hetero) is 1. The number of hydrogen-bond acceptors (Lipinski definition) is 6. The molecular weight excluding hydrogens is 376 g/mol. The van der Waals surface area contributed by atoms with E-state index in [0.29, 0.717) is 29.3 Å². The van der Waals surface area contributed by atoms with Crippen molar-refractivity contribution in [3.8, 4) is 17.0 Å². The van der Waals surface area contributed by atoms with Gasteiger partial charge in [-0.2, -0.15) is 0 Å². The first-order valence-corrected chi connectivity index (χ1v) is 9.65. The maximum absolute atomic E-state index is 13.0. The van der Waals surface area contributed by atoms with Crippen LogP contribution in [-0.2, 0) is 0 Å². The largest absolute Gasteiger partial charge is 0.497 e. The molecule has 0 saturated carbocycles. The maximum atomic E-state index is 13.0. The molecule has 1 unspecified atom stereocenters. The lowest BCUT2D eigenvalue weighted by Gasteiger charge is -2.14. The van der Waals surface area contributed by atoms with Crippen LogP contribution in [0.3, 0.4) is 0 Å². The zero-order valence-corrected chi connectivity index (χ0v) is 16.6. The number of ether oxygens (including phenoxy) is 1. The van der Waals surface area contributed by atoms with Gasteiger partial charge in [0.25, 0.3) is 0 Å². The Morgan fingerprint density at radius 3 is 2.87 bits per heavy atom. The molecule has 1 aromatic heterocycles. The zero-order valence-electron chi connectivity index (χ0n) is 16.6. The average Bonchev–Trinajstić information content (AvgIpc) is 2.80. The molecule has 3 aromatic rings. The first-order chi connectivity index (χ1) is 14.6. The third-order valence-electron chi connectivity index (χ3n) is 4.91. The third kappa shape index (κ3) is 4.22. The van der Waals surface area contributed by atoms with E-state index in [0.717, 1.165) is 17.0 Å². The number of nitrogen functional groups attached to an aromatic ring is 1. The fourth-order valence-electron chi connectivity index (χ4n) is 3.31. The van der Waals surface area contributed by atoms with E-state index in [9.17, 15) is 4.79 Å². The molecule has 1 atom stereocenters. The molecule has 6 nitrogen and oxygen atoms in total. The highest BCUT2D eigenvalue weighted by Gasteiger charge is 2.20. The van der Waals surface area contributed by atoms with E-state index in [1.54, 1.807) is 25.4 Å². The van der Waals surface area contributed by atoms with Crippen LogP contribution in [0.5, 0.6) is 5.75 Å². The van der Waals surface area contributed by atoms with Crippen LogP contribution in [0.2, 0.25) is 0 Å². The number of allylic oxidation sites excluding steroid dienone is 4. The van der Waals surface area contributed by atoms with Crippen molar-refractivity contribution in [1.82, 2.24) is 9.97 Å². The number of nitrogens with two attached hydrogens (primary N) is 1. The molecule has 1 aliphatic carbocycles. The maximum Gasteiger partial charge on any atom is 0.227 e. The molecule has 0 radical (unpaired) electrons. The number of carbonyl (C=O) groups is 1. The van der Waals surface area contributed by atoms with Crippen LogP contribution in [0.25, 0.3) is 11.3 Å². The summed E-state index contributed by atoms with van der Waals surface area (Å²) in [6.07, 6.45) is 10.1. The van der Waals surface area contributed by atoms with E-state index in [1.165, 1.54) is 0 Å². The van der Waals surface area contributed by atoms with Crippen molar-refractivity contribution in [3.05, 3.63) is 84.6 Å². The number of benzene rings is 2. The highest BCUT2D eigenvalue weighted by atomic mass is 16.5. The summed E-state index contributed by atoms with van der Waals surface area (Å²) in [5.74, 6) is 1.01. The number of rotatable bonds is 6. The van der Waals surface area contributed by atoms with E-state index >= 15 is 0 Å². The summed E-state index contributed by atoms with van der Waals surface area (Å²) in [6, 6.07) is 14.8. The van der Waals surface area contributed by atoms with Gasteiger partial charge in [-0.3, -0.25) is 4.79 Å². The van der Waals surface area contributed by atoms with Gasteiger partial charge in [0.1, 0.15) is 5.75 Å². The Kier molecular flexibility index (Phi) is 5.57. The van der Waals surface area contributed by atoms with Crippen LogP contribution in [0, 0.1) is 5.92 Å². The Balaban J connectivity index is 1.61. The van der Waals surface area contributed by atoms with Crippen LogP contribution in [0.15, 0.2) is 79.0 Å². The van der Waals surface area contributed by atoms with E-state index in [2.05, 4.69) is 15.3 Å². The first kappa shape index (κ1) is 19.4. The fraction of sp³-hybridized carbons (Fsp3) is 0.125. The van der Waals surface area contributed by atoms with Gasteiger partial charge in [0, 0.05) is 40.7 Å². The molecule has 0 aliphatic heterocycles. The summed E-state index contributed by atoms with van der Waals surface area (Å²) in [4.78, 5) is 21.8. The molecular formula is C24H22N4O2. The minimum Gasteiger partial charge on any atom is -0.497 e. The van der Waals surface area contributed by atoms with Crippen LogP contribution >= 0.6 is 0 Å². The molecule has 4 rings (SSSR count). The smallest absolute Gasteiger partial charge is 0.227 e. The van der Waals surface area contributed by atoms with Gasteiger partial charge in [-0.05, 0) is 36.8 Å². The summed E-state index contributed by atoms with van der Waals surface area (Å²) >= 11 is 0. The number of carbonyl (C=O) groups excluding carboxylic acids is 1. The van der Waals surface area contributed by atoms with Crippen LogP contribution < -0.4 is 15.8 Å². The molecule has 0 fully saturated rings. The summed E-state index contributed by atoms with van der Waals surface area (Å²) in [7, 11) is 1.62. The molecule has 6 heteroatoms. The van der Waals surface area contributed by atoms with Crippen molar-refractivity contribution in [2.45, 2.75) is 6.42 Å². The lowest BCUT2D eigenvalue weighted by atomic mass is 9.90. The van der Waals surface area contributed by atoms with Gasteiger partial charge in [0.2, 0.25) is 5.95 Å². The van der Waals surface area contributed by atoms with E-state index < -0.39 is 0 Å². The van der Waals surface area contributed by atoms with E-state index in [4.69, 9.17) is 10.5 Å². The van der Waals surface area contributed by atoms with Crippen molar-refractivity contribution >= 4 is 23.1 Å². The molecule has 150 valence electrons. The van der Waals surface area contributed by atoms with E-state index in [-0.39, 0.29) is 11.7 Å². The molecule has 2 aromatic carbocycles. The van der Waals surface area contributed by atoms with Crippen molar-refractivity contribution in [2.24, 2.45) is 5.92 Å². The molecule has 0 amide bonds. The van der Waals surface area contributed by atoms with Crippen molar-refractivity contribution in [1.29, 1.82) is 0 Å². The van der Waals surface area contributed by atoms with Crippen molar-refractivity contribution < 1.29 is 9.53 Å². The number of anilines is 3. The monoisotopic (exact) mass is 398 g/mol. The van der Waals surface area contributed by atoms with E-state index in [1.807, 2.05) is 60.7 Å². The van der Waals surface area contributed by atoms with Crippen LogP contribution in [0.1, 0.15) is 16.8 Å². The summed E-state index contributed by atoms with van der Waals surface area (Å²) < 4.78 is 5.25. The number of methoxy groups -OCH3 is 1. The summed E-state index contributed by atoms with van der Waals surface area (Å²) in [5, 5.41) is 3.18. The van der Waals surface area contributed by atoms with Gasteiger partial charge in [-0.1, -0.05) is 36.4 Å². The Labute approximate surface area is 175 Å². The van der Waals surface area contributed by atoms with Gasteiger partial charge in [-0.25, -0.2) is 9.97 Å². The number of nitrogens with one attached hydrogen (secondary N) is 1. The average molecular weight is 398 g/mol. The highest BCUT2D eigenvalue weighted by molar-refractivity contribution is 6.04. The van der Waals surface area contributed by atoms with Crippen LogP contribution in [-0.4, -0.2) is 22.9 Å². The molecule has 30 heavy (non-hydrogen) atoms. The second-order valence-corrected chi connectivity index (χ2v) is 6.94. The minimum absolute atomic E-state index is 0.0127. The van der Waals surface area contributed by atoms with Gasteiger partial charge >= 0.3 is 0 Å². The van der Waals surface area contributed by atoms with Crippen molar-refractivity contribution in [2.75, 3.05) is 18.2 Å². The zero-order chi connectivity index (χ0) is 20.9. The molecule has 0 bridgehead atoms. The second-order valence-electron chi connectivity index (χ2n) is 6.94. The lowest BCUT2D eigenvalue weighted by molar-refractivity contribution is 0.0946. The normalized spacial score (nSPS) is 15.0. The number of nitrogens with zero attached hydrogens (tertiary/aromatic N) is 2. The summed E-state index contributed by atoms with van der Waals surface area (Å²) in [5.41, 5.74) is 9.41. The SMILES string of the molecule is COc1cccc(Nc2nccc(-c3ccc(N)c(C(=O)C4C=CC=CC4)c3)n2)c1. The third-order valence-corrected chi connectivity index (χ3v) is 4.91.